The fourth-order valence-electron chi connectivity index (χ4n) is 3.77. The SMILES string of the molecule is c1ccc(CCCN2CC2(c2ccccc2)c2ccccc2)cc1. The molecule has 1 aliphatic rings. The highest BCUT2D eigenvalue weighted by atomic mass is 15.4. The van der Waals surface area contributed by atoms with Crippen molar-refractivity contribution >= 4 is 0 Å². The van der Waals surface area contributed by atoms with Crippen molar-refractivity contribution in [3.8, 4) is 0 Å². The first-order valence-electron chi connectivity index (χ1n) is 8.80. The monoisotopic (exact) mass is 313 g/mol. The van der Waals surface area contributed by atoms with Crippen molar-refractivity contribution in [1.82, 2.24) is 4.90 Å². The van der Waals surface area contributed by atoms with E-state index in [1.54, 1.807) is 0 Å². The van der Waals surface area contributed by atoms with Gasteiger partial charge in [-0.05, 0) is 36.1 Å². The van der Waals surface area contributed by atoms with Gasteiger partial charge in [0.1, 0.15) is 0 Å². The molecule has 24 heavy (non-hydrogen) atoms. The van der Waals surface area contributed by atoms with E-state index < -0.39 is 0 Å². The molecule has 0 radical (unpaired) electrons. The lowest BCUT2D eigenvalue weighted by atomic mass is 9.91. The molecule has 0 spiro atoms. The molecule has 0 aromatic heterocycles. The summed E-state index contributed by atoms with van der Waals surface area (Å²) in [6, 6.07) is 32.7. The Hall–Kier alpha value is -2.38. The molecule has 0 aliphatic carbocycles. The highest BCUT2D eigenvalue weighted by Gasteiger charge is 2.53. The van der Waals surface area contributed by atoms with Gasteiger partial charge in [0, 0.05) is 6.54 Å². The molecule has 1 fully saturated rings. The summed E-state index contributed by atoms with van der Waals surface area (Å²) < 4.78 is 0. The van der Waals surface area contributed by atoms with Crippen molar-refractivity contribution in [3.05, 3.63) is 108 Å². The third kappa shape index (κ3) is 2.88. The lowest BCUT2D eigenvalue weighted by Gasteiger charge is -2.19. The largest absolute Gasteiger partial charge is 0.286 e. The molecule has 1 atom stereocenters. The molecule has 0 N–H and O–H groups in total. The van der Waals surface area contributed by atoms with Gasteiger partial charge in [0.25, 0.3) is 0 Å². The number of benzene rings is 3. The molecule has 1 saturated heterocycles. The zero-order valence-electron chi connectivity index (χ0n) is 13.9. The second kappa shape index (κ2) is 6.62. The molecular formula is C23H23N. The first-order chi connectivity index (χ1) is 11.9. The van der Waals surface area contributed by atoms with Gasteiger partial charge in [-0.2, -0.15) is 0 Å². The molecule has 1 aliphatic heterocycles. The molecule has 0 saturated carbocycles. The maximum Gasteiger partial charge on any atom is 0.0845 e. The molecule has 0 amide bonds. The molecule has 4 rings (SSSR count). The van der Waals surface area contributed by atoms with Gasteiger partial charge in [0.15, 0.2) is 0 Å². The van der Waals surface area contributed by atoms with Gasteiger partial charge in [-0.3, -0.25) is 4.90 Å². The Bertz CT molecular complexity index is 725. The van der Waals surface area contributed by atoms with Crippen LogP contribution in [0.3, 0.4) is 0 Å². The maximum atomic E-state index is 2.61. The number of rotatable bonds is 6. The summed E-state index contributed by atoms with van der Waals surface area (Å²) in [6.45, 7) is 2.26. The van der Waals surface area contributed by atoms with E-state index in [1.165, 1.54) is 23.1 Å². The van der Waals surface area contributed by atoms with Crippen LogP contribution in [0.2, 0.25) is 0 Å². The molecule has 120 valence electrons. The molecule has 1 nitrogen and oxygen atoms in total. The van der Waals surface area contributed by atoms with E-state index in [0.29, 0.717) is 0 Å². The molecule has 0 bridgehead atoms. The average Bonchev–Trinajstić information content (AvgIpc) is 3.40. The Kier molecular flexibility index (Phi) is 4.18. The van der Waals surface area contributed by atoms with Crippen molar-refractivity contribution in [2.24, 2.45) is 0 Å². The Balaban J connectivity index is 1.50. The Morgan fingerprint density at radius 1 is 0.667 bits per heavy atom. The fourth-order valence-corrected chi connectivity index (χ4v) is 3.77. The van der Waals surface area contributed by atoms with Gasteiger partial charge in [0.2, 0.25) is 0 Å². The van der Waals surface area contributed by atoms with Crippen LogP contribution in [0.15, 0.2) is 91.0 Å². The summed E-state index contributed by atoms with van der Waals surface area (Å²) in [7, 11) is 0. The van der Waals surface area contributed by atoms with Crippen LogP contribution < -0.4 is 0 Å². The molecule has 3 aromatic carbocycles. The third-order valence-electron chi connectivity index (χ3n) is 5.10. The van der Waals surface area contributed by atoms with Crippen molar-refractivity contribution < 1.29 is 0 Å². The summed E-state index contributed by atoms with van der Waals surface area (Å²) in [5.41, 5.74) is 4.34. The van der Waals surface area contributed by atoms with Gasteiger partial charge in [-0.25, -0.2) is 0 Å². The zero-order valence-corrected chi connectivity index (χ0v) is 13.9. The van der Waals surface area contributed by atoms with E-state index in [-0.39, 0.29) is 5.54 Å². The fraction of sp³-hybridized carbons (Fsp3) is 0.217. The Morgan fingerprint density at radius 3 is 1.71 bits per heavy atom. The molecule has 3 aromatic rings. The van der Waals surface area contributed by atoms with Gasteiger partial charge in [-0.1, -0.05) is 91.0 Å². The molecule has 1 heterocycles. The van der Waals surface area contributed by atoms with Crippen LogP contribution in [0.4, 0.5) is 0 Å². The third-order valence-corrected chi connectivity index (χ3v) is 5.10. The number of nitrogens with zero attached hydrogens (tertiary/aromatic N) is 1. The van der Waals surface area contributed by atoms with Crippen molar-refractivity contribution in [3.63, 3.8) is 0 Å². The zero-order chi connectivity index (χ0) is 16.2. The van der Waals surface area contributed by atoms with Crippen LogP contribution in [0.1, 0.15) is 23.1 Å². The second-order valence-corrected chi connectivity index (χ2v) is 6.60. The van der Waals surface area contributed by atoms with E-state index in [0.717, 1.165) is 19.5 Å². The van der Waals surface area contributed by atoms with Crippen LogP contribution in [0.25, 0.3) is 0 Å². The van der Waals surface area contributed by atoms with E-state index in [4.69, 9.17) is 0 Å². The second-order valence-electron chi connectivity index (χ2n) is 6.60. The van der Waals surface area contributed by atoms with E-state index in [2.05, 4.69) is 95.9 Å². The predicted molar refractivity (Wildman–Crippen MR) is 100 cm³/mol. The minimum absolute atomic E-state index is 0.0825. The summed E-state index contributed by atoms with van der Waals surface area (Å²) in [6.07, 6.45) is 2.35. The summed E-state index contributed by atoms with van der Waals surface area (Å²) >= 11 is 0. The van der Waals surface area contributed by atoms with Crippen LogP contribution in [0.5, 0.6) is 0 Å². The van der Waals surface area contributed by atoms with Crippen molar-refractivity contribution in [2.45, 2.75) is 18.4 Å². The normalized spacial score (nSPS) is 18.2. The van der Waals surface area contributed by atoms with Gasteiger partial charge < -0.3 is 0 Å². The highest BCUT2D eigenvalue weighted by molar-refractivity contribution is 5.45. The van der Waals surface area contributed by atoms with E-state index in [9.17, 15) is 0 Å². The van der Waals surface area contributed by atoms with E-state index >= 15 is 0 Å². The summed E-state index contributed by atoms with van der Waals surface area (Å²) in [4.78, 5) is 2.61. The molecular weight excluding hydrogens is 290 g/mol. The van der Waals surface area contributed by atoms with Crippen LogP contribution in [-0.4, -0.2) is 18.0 Å². The summed E-state index contributed by atoms with van der Waals surface area (Å²) in [5, 5.41) is 0. The topological polar surface area (TPSA) is 3.01 Å². The quantitative estimate of drug-likeness (QED) is 0.586. The summed E-state index contributed by atoms with van der Waals surface area (Å²) in [5.74, 6) is 0. The lowest BCUT2D eigenvalue weighted by molar-refractivity contribution is 0.442. The lowest BCUT2D eigenvalue weighted by Crippen LogP contribution is -2.19. The van der Waals surface area contributed by atoms with Crippen LogP contribution >= 0.6 is 0 Å². The maximum absolute atomic E-state index is 2.61. The first-order valence-corrected chi connectivity index (χ1v) is 8.80. The Labute approximate surface area is 144 Å². The Morgan fingerprint density at radius 2 is 1.17 bits per heavy atom. The van der Waals surface area contributed by atoms with Crippen molar-refractivity contribution in [1.29, 1.82) is 0 Å². The van der Waals surface area contributed by atoms with Crippen LogP contribution in [0, 0.1) is 0 Å². The number of hydrogen-bond acceptors (Lipinski definition) is 1. The van der Waals surface area contributed by atoms with E-state index in [1.807, 2.05) is 0 Å². The van der Waals surface area contributed by atoms with Crippen molar-refractivity contribution in [2.75, 3.05) is 13.1 Å². The predicted octanol–water partition coefficient (Wildman–Crippen LogP) is 4.88. The van der Waals surface area contributed by atoms with Gasteiger partial charge >= 0.3 is 0 Å². The standard InChI is InChI=1S/C23H23N/c1-4-11-20(12-5-1)13-10-18-24-19-23(24,21-14-6-2-7-15-21)22-16-8-3-9-17-22/h1-9,11-12,14-17H,10,13,18-19H2. The minimum Gasteiger partial charge on any atom is -0.286 e. The van der Waals surface area contributed by atoms with Gasteiger partial charge in [-0.15, -0.1) is 0 Å². The van der Waals surface area contributed by atoms with Crippen LogP contribution in [-0.2, 0) is 12.0 Å². The highest BCUT2D eigenvalue weighted by Crippen LogP contribution is 2.48. The number of hydrogen-bond donors (Lipinski definition) is 0. The number of aryl methyl sites for hydroxylation is 1. The average molecular weight is 313 g/mol. The first kappa shape index (κ1) is 15.2. The molecule has 1 heteroatoms. The minimum atomic E-state index is 0.0825. The van der Waals surface area contributed by atoms with Gasteiger partial charge in [0.05, 0.1) is 5.54 Å². The smallest absolute Gasteiger partial charge is 0.0845 e. The molecule has 1 unspecified atom stereocenters.